The molecule has 292 valence electrons. The Balaban J connectivity index is 1.06. The SMILES string of the molecule is CCc1c(F)ccc2cc(O)cc(N3CCc4c(nc(OC[C@@]56CCCN5C[C@H](F)C6)nc4N4CCCn5nc(C(=O)N6C[C@H](C)N[C@@H](C)C6)cc5C4)C3)c12. The van der Waals surface area contributed by atoms with Crippen molar-refractivity contribution >= 4 is 28.2 Å². The highest BCUT2D eigenvalue weighted by molar-refractivity contribution is 5.98. The van der Waals surface area contributed by atoms with Crippen molar-refractivity contribution in [2.45, 2.75) is 103 Å². The highest BCUT2D eigenvalue weighted by Gasteiger charge is 2.49. The van der Waals surface area contributed by atoms with Crippen LogP contribution in [-0.4, -0.2) is 110 Å². The minimum absolute atomic E-state index is 0.0455. The molecule has 5 aliphatic heterocycles. The molecule has 0 radical (unpaired) electrons. The molecule has 2 N–H and O–H groups in total. The summed E-state index contributed by atoms with van der Waals surface area (Å²) in [5.41, 5.74) is 4.27. The summed E-state index contributed by atoms with van der Waals surface area (Å²) in [5, 5.41) is 20.7. The fourth-order valence-electron chi connectivity index (χ4n) is 10.0. The highest BCUT2D eigenvalue weighted by atomic mass is 19.1. The average Bonchev–Trinajstić information content (AvgIpc) is 3.79. The number of phenols is 1. The van der Waals surface area contributed by atoms with Crippen LogP contribution in [0, 0.1) is 5.82 Å². The zero-order valence-corrected chi connectivity index (χ0v) is 32.0. The Hall–Kier alpha value is -4.56. The third-order valence-corrected chi connectivity index (χ3v) is 12.5. The molecule has 0 spiro atoms. The molecule has 9 rings (SSSR count). The maximum absolute atomic E-state index is 15.2. The first-order chi connectivity index (χ1) is 26.6. The molecular formula is C41H51F2N9O3. The second-order valence-corrected chi connectivity index (χ2v) is 16.4. The lowest BCUT2D eigenvalue weighted by molar-refractivity contribution is 0.0667. The molecule has 2 aromatic heterocycles. The van der Waals surface area contributed by atoms with Gasteiger partial charge in [-0.1, -0.05) is 13.0 Å². The van der Waals surface area contributed by atoms with E-state index in [0.717, 1.165) is 71.6 Å². The Morgan fingerprint density at radius 3 is 2.67 bits per heavy atom. The maximum atomic E-state index is 15.2. The van der Waals surface area contributed by atoms with Crippen LogP contribution in [0.25, 0.3) is 10.8 Å². The number of piperazine rings is 1. The van der Waals surface area contributed by atoms with Crippen molar-refractivity contribution in [2.75, 3.05) is 55.7 Å². The van der Waals surface area contributed by atoms with Crippen molar-refractivity contribution in [1.29, 1.82) is 0 Å². The van der Waals surface area contributed by atoms with Crippen LogP contribution in [0.1, 0.15) is 79.5 Å². The van der Waals surface area contributed by atoms with Gasteiger partial charge >= 0.3 is 6.01 Å². The van der Waals surface area contributed by atoms with Gasteiger partial charge in [0.05, 0.1) is 30.0 Å². The minimum atomic E-state index is -0.871. The van der Waals surface area contributed by atoms with Crippen molar-refractivity contribution in [3.63, 3.8) is 0 Å². The molecule has 1 amide bonds. The summed E-state index contributed by atoms with van der Waals surface area (Å²) in [6.07, 6.45) is 3.41. The summed E-state index contributed by atoms with van der Waals surface area (Å²) in [7, 11) is 0. The summed E-state index contributed by atoms with van der Waals surface area (Å²) >= 11 is 0. The number of aryl methyl sites for hydroxylation is 2. The number of rotatable bonds is 7. The lowest BCUT2D eigenvalue weighted by Crippen LogP contribution is -2.55. The van der Waals surface area contributed by atoms with Gasteiger partial charge in [-0.05, 0) is 81.6 Å². The summed E-state index contributed by atoms with van der Waals surface area (Å²) in [6.45, 7) is 12.0. The molecule has 0 unspecified atom stereocenters. The van der Waals surface area contributed by atoms with Crippen LogP contribution in [0.2, 0.25) is 0 Å². The molecule has 7 heterocycles. The number of amides is 1. The topological polar surface area (TPSA) is 115 Å². The van der Waals surface area contributed by atoms with E-state index < -0.39 is 6.17 Å². The van der Waals surface area contributed by atoms with Crippen LogP contribution in [0.5, 0.6) is 11.8 Å². The Morgan fingerprint density at radius 1 is 1.02 bits per heavy atom. The fourth-order valence-corrected chi connectivity index (χ4v) is 10.0. The van der Waals surface area contributed by atoms with Crippen molar-refractivity contribution < 1.29 is 23.4 Å². The lowest BCUT2D eigenvalue weighted by Gasteiger charge is -2.35. The predicted molar refractivity (Wildman–Crippen MR) is 206 cm³/mol. The molecule has 0 saturated carbocycles. The minimum Gasteiger partial charge on any atom is -0.508 e. The summed E-state index contributed by atoms with van der Waals surface area (Å²) in [4.78, 5) is 32.4. The van der Waals surface area contributed by atoms with Gasteiger partial charge in [-0.3, -0.25) is 14.4 Å². The number of nitrogens with zero attached hydrogens (tertiary/aromatic N) is 8. The normalized spacial score (nSPS) is 25.5. The number of carbonyl (C=O) groups is 1. The van der Waals surface area contributed by atoms with Crippen LogP contribution in [0.15, 0.2) is 30.3 Å². The van der Waals surface area contributed by atoms with E-state index in [2.05, 4.69) is 33.9 Å². The number of hydrogen-bond acceptors (Lipinski definition) is 10. The molecule has 12 nitrogen and oxygen atoms in total. The second-order valence-electron chi connectivity index (χ2n) is 16.4. The van der Waals surface area contributed by atoms with Gasteiger partial charge in [0.15, 0.2) is 5.69 Å². The van der Waals surface area contributed by atoms with E-state index in [1.807, 2.05) is 22.6 Å². The summed E-state index contributed by atoms with van der Waals surface area (Å²) in [6, 6.07) is 9.22. The van der Waals surface area contributed by atoms with Crippen LogP contribution in [0.4, 0.5) is 20.3 Å². The number of phenolic OH excluding ortho intramolecular Hbond substituents is 1. The molecule has 0 bridgehead atoms. The zero-order chi connectivity index (χ0) is 38.0. The van der Waals surface area contributed by atoms with Gasteiger partial charge in [0.1, 0.15) is 30.2 Å². The number of anilines is 2. The van der Waals surface area contributed by atoms with Crippen LogP contribution in [0.3, 0.4) is 0 Å². The Morgan fingerprint density at radius 2 is 1.85 bits per heavy atom. The largest absolute Gasteiger partial charge is 0.508 e. The van der Waals surface area contributed by atoms with Crippen molar-refractivity contribution in [3.8, 4) is 11.8 Å². The number of nitrogens with one attached hydrogen (secondary N) is 1. The monoisotopic (exact) mass is 755 g/mol. The molecule has 14 heteroatoms. The van der Waals surface area contributed by atoms with Gasteiger partial charge in [-0.15, -0.1) is 0 Å². The zero-order valence-electron chi connectivity index (χ0n) is 32.0. The fraction of sp³-hybridized carbons (Fsp3) is 0.561. The van der Waals surface area contributed by atoms with Crippen molar-refractivity contribution in [3.05, 3.63) is 64.4 Å². The summed E-state index contributed by atoms with van der Waals surface area (Å²) in [5.74, 6) is 0.613. The Kier molecular flexibility index (Phi) is 9.31. The Labute approximate surface area is 320 Å². The van der Waals surface area contributed by atoms with Crippen molar-refractivity contribution in [2.24, 2.45) is 0 Å². The number of halogens is 2. The second kappa shape index (κ2) is 14.2. The number of alkyl halides is 1. The first-order valence-electron chi connectivity index (χ1n) is 20.0. The lowest BCUT2D eigenvalue weighted by atomic mass is 9.95. The molecule has 3 saturated heterocycles. The first kappa shape index (κ1) is 36.1. The van der Waals surface area contributed by atoms with E-state index in [9.17, 15) is 14.3 Å². The molecule has 5 aliphatic rings. The van der Waals surface area contributed by atoms with Gasteiger partial charge in [-0.25, -0.2) is 8.78 Å². The third kappa shape index (κ3) is 6.64. The molecule has 4 atom stereocenters. The number of benzene rings is 2. The number of aromatic nitrogens is 4. The van der Waals surface area contributed by atoms with E-state index >= 15 is 4.39 Å². The smallest absolute Gasteiger partial charge is 0.318 e. The van der Waals surface area contributed by atoms with Crippen LogP contribution < -0.4 is 19.9 Å². The number of hydrogen-bond donors (Lipinski definition) is 2. The highest BCUT2D eigenvalue weighted by Crippen LogP contribution is 2.42. The van der Waals surface area contributed by atoms with E-state index in [-0.39, 0.29) is 41.1 Å². The predicted octanol–water partition coefficient (Wildman–Crippen LogP) is 4.98. The molecule has 55 heavy (non-hydrogen) atoms. The molecular weight excluding hydrogens is 705 g/mol. The van der Waals surface area contributed by atoms with Crippen molar-refractivity contribution in [1.82, 2.24) is 34.9 Å². The standard InChI is InChI=1S/C41H51F2N9O3/c1-4-31-33(43)8-7-27-15-30(53)17-36(37(27)31)48-14-9-32-35(23-48)45-40(55-24-41-10-5-12-51(41)21-28(42)18-41)46-38(32)49-11-6-13-52-29(22-49)16-34(47-52)39(54)50-19-25(2)44-26(3)20-50/h7-8,15-17,25-26,28,44,53H,4-6,9-14,18-24H2,1-3H3/t25-,26-,28+,41-/m0/s1. The molecule has 4 aromatic rings. The van der Waals surface area contributed by atoms with Gasteiger partial charge in [0.25, 0.3) is 5.91 Å². The Bertz CT molecular complexity index is 2120. The maximum Gasteiger partial charge on any atom is 0.318 e. The molecule has 0 aliphatic carbocycles. The van der Waals surface area contributed by atoms with Crippen LogP contribution >= 0.6 is 0 Å². The number of ether oxygens (including phenoxy) is 1. The third-order valence-electron chi connectivity index (χ3n) is 12.5. The van der Waals surface area contributed by atoms with Gasteiger partial charge < -0.3 is 29.9 Å². The van der Waals surface area contributed by atoms with E-state index in [1.54, 1.807) is 18.2 Å². The van der Waals surface area contributed by atoms with Gasteiger partial charge in [-0.2, -0.15) is 15.1 Å². The van der Waals surface area contributed by atoms with Gasteiger partial charge in [0.2, 0.25) is 0 Å². The number of aromatic hydroxyl groups is 1. The van der Waals surface area contributed by atoms with Crippen LogP contribution in [-0.2, 0) is 32.5 Å². The number of carbonyl (C=O) groups excluding carboxylic acids is 1. The quantitative estimate of drug-likeness (QED) is 0.268. The number of fused-ring (bicyclic) bond motifs is 4. The van der Waals surface area contributed by atoms with Gasteiger partial charge in [0, 0.05) is 80.5 Å². The molecule has 2 aromatic carbocycles. The van der Waals surface area contributed by atoms with E-state index in [1.165, 1.54) is 6.07 Å². The average molecular weight is 756 g/mol. The first-order valence-corrected chi connectivity index (χ1v) is 20.0. The van der Waals surface area contributed by atoms with E-state index in [4.69, 9.17) is 19.8 Å². The summed E-state index contributed by atoms with van der Waals surface area (Å²) < 4.78 is 38.4. The van der Waals surface area contributed by atoms with E-state index in [0.29, 0.717) is 82.9 Å². The molecule has 3 fully saturated rings.